The van der Waals surface area contributed by atoms with Crippen LogP contribution in [0.15, 0.2) is 101 Å². The highest BCUT2D eigenvalue weighted by Gasteiger charge is 2.33. The maximum absolute atomic E-state index is 15.1. The first-order valence-electron chi connectivity index (χ1n) is 24.5. The number of aliphatic hydroxyl groups is 2. The van der Waals surface area contributed by atoms with Crippen LogP contribution in [0, 0.1) is 27.3 Å². The quantitative estimate of drug-likeness (QED) is 0.0482. The van der Waals surface area contributed by atoms with Crippen molar-refractivity contribution in [2.45, 2.75) is 95.7 Å². The van der Waals surface area contributed by atoms with Gasteiger partial charge in [-0.2, -0.15) is 0 Å². The largest absolute Gasteiger partial charge is 0.455 e. The molecule has 1 amide bonds. The summed E-state index contributed by atoms with van der Waals surface area (Å²) in [5.74, 6) is -0.803. The number of nitro benzene ring substituents is 1. The fourth-order valence-corrected chi connectivity index (χ4v) is 12.1. The number of fused-ring (bicyclic) bond motifs is 1. The lowest BCUT2D eigenvalue weighted by Gasteiger charge is -2.39. The molecule has 0 unspecified atom stereocenters. The van der Waals surface area contributed by atoms with Crippen molar-refractivity contribution >= 4 is 60.9 Å². The molecule has 5 N–H and O–H groups in total. The van der Waals surface area contributed by atoms with Crippen LogP contribution in [0.5, 0.6) is 11.5 Å². The Bertz CT molecular complexity index is 3160. The fourth-order valence-electron chi connectivity index (χ4n) is 10.1. The second kappa shape index (κ2) is 20.0. The normalized spacial score (nSPS) is 19.9. The number of nitro groups is 1. The van der Waals surface area contributed by atoms with Gasteiger partial charge in [0.1, 0.15) is 28.7 Å². The number of carbonyl (C=O) groups excluding carboxylic acids is 1. The zero-order valence-electron chi connectivity index (χ0n) is 41.3. The van der Waals surface area contributed by atoms with Crippen LogP contribution >= 0.6 is 11.3 Å². The molecule has 72 heavy (non-hydrogen) atoms. The van der Waals surface area contributed by atoms with E-state index in [4.69, 9.17) is 4.74 Å². The minimum Gasteiger partial charge on any atom is -0.455 e. The standard InChI is InChI=1S/C54H62FN7O8S2/c1-52(2)16-14-37(43(29-52)49-26-38(33-71-49)35-6-10-44(45(55)25-35)53(3,4)64)32-60-20-22-61(23-21-60)39-7-9-42(48(27-39)70-40-24-36-15-19-56-50(36)58-31-40)51(63)59-72(68,69)41-8-11-46(47(28-41)62(66)67)57-30-34-12-17-54(5,65)18-13-34/h6-11,15,19,24-28,31,33-34,57,64-65H,12-14,16-18,20-23,29-30,32H2,1-5H3,(H,56,58)(H,59,63). The fraction of sp³-hybridized carbons (Fsp3) is 0.407. The van der Waals surface area contributed by atoms with E-state index >= 15 is 4.39 Å². The number of thiophene rings is 1. The molecule has 0 atom stereocenters. The highest BCUT2D eigenvalue weighted by molar-refractivity contribution is 7.90. The Morgan fingerprint density at radius 3 is 2.49 bits per heavy atom. The number of allylic oxidation sites excluding steroid dienone is 1. The lowest BCUT2D eigenvalue weighted by Crippen LogP contribution is -2.47. The van der Waals surface area contributed by atoms with Crippen molar-refractivity contribution in [1.82, 2.24) is 19.6 Å². The molecular formula is C54H62FN7O8S2. The average Bonchev–Trinajstić information content (AvgIpc) is 4.02. The van der Waals surface area contributed by atoms with Crippen LogP contribution in [0.2, 0.25) is 0 Å². The Kier molecular flexibility index (Phi) is 14.1. The maximum Gasteiger partial charge on any atom is 0.293 e. The lowest BCUT2D eigenvalue weighted by atomic mass is 9.73. The topological polar surface area (TPSA) is 203 Å². The summed E-state index contributed by atoms with van der Waals surface area (Å²) in [6.45, 7) is 13.7. The summed E-state index contributed by atoms with van der Waals surface area (Å²) in [5, 5.41) is 38.9. The molecule has 3 aliphatic rings. The summed E-state index contributed by atoms with van der Waals surface area (Å²) in [4.78, 5) is 38.5. The van der Waals surface area contributed by atoms with Gasteiger partial charge in [-0.1, -0.05) is 31.6 Å². The van der Waals surface area contributed by atoms with Gasteiger partial charge in [0.15, 0.2) is 0 Å². The molecular weight excluding hydrogens is 958 g/mol. The van der Waals surface area contributed by atoms with E-state index in [-0.39, 0.29) is 33.9 Å². The van der Waals surface area contributed by atoms with Crippen molar-refractivity contribution in [3.8, 4) is 22.6 Å². The van der Waals surface area contributed by atoms with Crippen molar-refractivity contribution < 1.29 is 37.5 Å². The Hall–Kier alpha value is -6.18. The lowest BCUT2D eigenvalue weighted by molar-refractivity contribution is -0.384. The number of nitrogens with zero attached hydrogens (tertiary/aromatic N) is 4. The van der Waals surface area contributed by atoms with E-state index in [1.807, 2.05) is 12.1 Å². The van der Waals surface area contributed by atoms with E-state index in [9.17, 15) is 33.5 Å². The minimum absolute atomic E-state index is 0.0675. The molecule has 0 bridgehead atoms. The Balaban J connectivity index is 0.912. The molecule has 3 aromatic carbocycles. The SMILES string of the molecule is CC1(C)CCC(CN2CCN(c3ccc(C(=O)NS(=O)(=O)c4ccc(NCC5CCC(C)(O)CC5)c([N+](=O)[O-])c4)c(Oc4cnc5[nH]ccc5c4)c3)CC2)=C(c2cc(-c3ccc(C(C)(C)O)c(F)c3)cs2)C1. The van der Waals surface area contributed by atoms with Gasteiger partial charge in [-0.3, -0.25) is 19.8 Å². The zero-order chi connectivity index (χ0) is 51.2. The van der Waals surface area contributed by atoms with Crippen LogP contribution < -0.4 is 19.7 Å². The van der Waals surface area contributed by atoms with Gasteiger partial charge in [0.2, 0.25) is 0 Å². The number of pyridine rings is 1. The molecule has 380 valence electrons. The number of halogens is 1. The predicted molar refractivity (Wildman–Crippen MR) is 280 cm³/mol. The number of carbonyl (C=O) groups is 1. The number of nitrogens with one attached hydrogen (secondary N) is 3. The van der Waals surface area contributed by atoms with E-state index in [0.717, 1.165) is 80.0 Å². The third kappa shape index (κ3) is 11.5. The first-order valence-corrected chi connectivity index (χ1v) is 26.8. The summed E-state index contributed by atoms with van der Waals surface area (Å²) in [5.41, 5.74) is 3.91. The van der Waals surface area contributed by atoms with Crippen LogP contribution in [-0.2, 0) is 15.6 Å². The van der Waals surface area contributed by atoms with Gasteiger partial charge in [0.25, 0.3) is 21.6 Å². The highest BCUT2D eigenvalue weighted by atomic mass is 32.2. The number of ether oxygens (including phenoxy) is 1. The summed E-state index contributed by atoms with van der Waals surface area (Å²) in [6, 6.07) is 19.3. The molecule has 1 saturated heterocycles. The van der Waals surface area contributed by atoms with Crippen LogP contribution in [0.1, 0.15) is 100 Å². The van der Waals surface area contributed by atoms with E-state index in [1.54, 1.807) is 62.6 Å². The number of anilines is 2. The molecule has 6 aromatic rings. The first-order chi connectivity index (χ1) is 34.1. The molecule has 15 nitrogen and oxygen atoms in total. The number of hydrogen-bond donors (Lipinski definition) is 5. The molecule has 4 heterocycles. The number of rotatable bonds is 15. The first kappa shape index (κ1) is 50.7. The molecule has 2 fully saturated rings. The van der Waals surface area contributed by atoms with E-state index in [2.05, 4.69) is 55.1 Å². The summed E-state index contributed by atoms with van der Waals surface area (Å²) in [6.07, 6.45) is 8.98. The molecule has 0 spiro atoms. The van der Waals surface area contributed by atoms with Crippen molar-refractivity contribution in [1.29, 1.82) is 0 Å². The number of sulfonamides is 1. The second-order valence-corrected chi connectivity index (χ2v) is 23.8. The Morgan fingerprint density at radius 1 is 1.00 bits per heavy atom. The number of aromatic amines is 1. The van der Waals surface area contributed by atoms with Crippen molar-refractivity contribution in [2.24, 2.45) is 11.3 Å². The molecule has 9 rings (SSSR count). The smallest absolute Gasteiger partial charge is 0.293 e. The minimum atomic E-state index is -4.61. The van der Waals surface area contributed by atoms with Crippen molar-refractivity contribution in [3.05, 3.63) is 128 Å². The Labute approximate surface area is 423 Å². The van der Waals surface area contributed by atoms with Gasteiger partial charge >= 0.3 is 0 Å². The van der Waals surface area contributed by atoms with Crippen LogP contribution in [0.25, 0.3) is 27.7 Å². The molecule has 1 saturated carbocycles. The van der Waals surface area contributed by atoms with Gasteiger partial charge < -0.3 is 30.2 Å². The van der Waals surface area contributed by atoms with E-state index < -0.39 is 48.5 Å². The van der Waals surface area contributed by atoms with Crippen molar-refractivity contribution in [2.75, 3.05) is 49.5 Å². The number of H-pyrrole nitrogens is 1. The van der Waals surface area contributed by atoms with Gasteiger partial charge in [0, 0.05) is 79.1 Å². The summed E-state index contributed by atoms with van der Waals surface area (Å²) < 4.78 is 51.2. The number of hydrogen-bond acceptors (Lipinski definition) is 13. The molecule has 0 radical (unpaired) electrons. The molecule has 3 aromatic heterocycles. The number of benzene rings is 3. The van der Waals surface area contributed by atoms with E-state index in [0.29, 0.717) is 43.9 Å². The molecule has 2 aliphatic carbocycles. The highest BCUT2D eigenvalue weighted by Crippen LogP contribution is 2.46. The van der Waals surface area contributed by atoms with Crippen LogP contribution in [0.3, 0.4) is 0 Å². The van der Waals surface area contributed by atoms with Crippen LogP contribution in [-0.4, -0.2) is 89.2 Å². The molecule has 18 heteroatoms. The molecule has 1 aliphatic heterocycles. The number of piperazine rings is 1. The monoisotopic (exact) mass is 1020 g/mol. The average molecular weight is 1020 g/mol. The van der Waals surface area contributed by atoms with E-state index in [1.165, 1.54) is 46.5 Å². The third-order valence-electron chi connectivity index (χ3n) is 14.5. The van der Waals surface area contributed by atoms with Crippen molar-refractivity contribution in [3.63, 3.8) is 0 Å². The van der Waals surface area contributed by atoms with Crippen LogP contribution in [0.4, 0.5) is 21.5 Å². The van der Waals surface area contributed by atoms with Gasteiger partial charge in [-0.05, 0) is 148 Å². The Morgan fingerprint density at radius 2 is 1.76 bits per heavy atom. The number of amides is 1. The predicted octanol–water partition coefficient (Wildman–Crippen LogP) is 10.6. The number of aromatic nitrogens is 2. The summed E-state index contributed by atoms with van der Waals surface area (Å²) in [7, 11) is -4.61. The van der Waals surface area contributed by atoms with Gasteiger partial charge in [-0.25, -0.2) is 22.5 Å². The second-order valence-electron chi connectivity index (χ2n) is 21.2. The third-order valence-corrected chi connectivity index (χ3v) is 16.8. The van der Waals surface area contributed by atoms with Gasteiger partial charge in [0.05, 0.1) is 32.8 Å². The summed E-state index contributed by atoms with van der Waals surface area (Å²) >= 11 is 1.68. The zero-order valence-corrected chi connectivity index (χ0v) is 42.9. The maximum atomic E-state index is 15.1. The van der Waals surface area contributed by atoms with Gasteiger partial charge in [-0.15, -0.1) is 11.3 Å².